The van der Waals surface area contributed by atoms with E-state index in [2.05, 4.69) is 5.32 Å². The summed E-state index contributed by atoms with van der Waals surface area (Å²) in [4.78, 5) is 23.9. The molecule has 4 nitrogen and oxygen atoms in total. The van der Waals surface area contributed by atoms with Crippen molar-refractivity contribution in [2.75, 3.05) is 25.0 Å². The van der Waals surface area contributed by atoms with Crippen LogP contribution in [0.15, 0.2) is 18.2 Å². The minimum absolute atomic E-state index is 0.0464. The summed E-state index contributed by atoms with van der Waals surface area (Å²) < 4.78 is 0. The molecule has 98 valence electrons. The summed E-state index contributed by atoms with van der Waals surface area (Å²) in [6.07, 6.45) is 1.65. The Labute approximate surface area is 112 Å². The average Bonchev–Trinajstić information content (AvgIpc) is 2.35. The van der Waals surface area contributed by atoms with Crippen LogP contribution in [-0.4, -0.2) is 32.3 Å². The highest BCUT2D eigenvalue weighted by molar-refractivity contribution is 6.33. The monoisotopic (exact) mass is 268 g/mol. The van der Waals surface area contributed by atoms with Crippen LogP contribution in [0.5, 0.6) is 0 Å². The zero-order valence-electron chi connectivity index (χ0n) is 10.6. The molecule has 1 N–H and O–H groups in total. The molecule has 18 heavy (non-hydrogen) atoms. The zero-order valence-corrected chi connectivity index (χ0v) is 11.3. The van der Waals surface area contributed by atoms with Crippen LogP contribution < -0.4 is 10.2 Å². The van der Waals surface area contributed by atoms with Crippen LogP contribution in [0, 0.1) is 0 Å². The fourth-order valence-electron chi connectivity index (χ4n) is 1.53. The lowest BCUT2D eigenvalue weighted by Crippen LogP contribution is -2.35. The van der Waals surface area contributed by atoms with Crippen molar-refractivity contribution in [1.29, 1.82) is 0 Å². The van der Waals surface area contributed by atoms with E-state index >= 15 is 0 Å². The van der Waals surface area contributed by atoms with Crippen LogP contribution in [0.2, 0.25) is 5.02 Å². The van der Waals surface area contributed by atoms with Crippen LogP contribution in [0.3, 0.4) is 0 Å². The molecule has 0 aliphatic rings. The summed E-state index contributed by atoms with van der Waals surface area (Å²) in [6.45, 7) is 2.91. The van der Waals surface area contributed by atoms with Crippen molar-refractivity contribution in [3.8, 4) is 0 Å². The number of nitrogens with zero attached hydrogens (tertiary/aromatic N) is 1. The van der Waals surface area contributed by atoms with Gasteiger partial charge in [-0.1, -0.05) is 18.5 Å². The third-order valence-electron chi connectivity index (χ3n) is 2.47. The Balaban J connectivity index is 2.69. The summed E-state index contributed by atoms with van der Waals surface area (Å²) in [7, 11) is 1.79. The number of anilines is 1. The van der Waals surface area contributed by atoms with E-state index in [-0.39, 0.29) is 12.5 Å². The summed E-state index contributed by atoms with van der Waals surface area (Å²) in [6, 6.07) is 5.00. The maximum absolute atomic E-state index is 11.6. The Morgan fingerprint density at radius 2 is 2.22 bits per heavy atom. The highest BCUT2D eigenvalue weighted by Gasteiger charge is 2.10. The van der Waals surface area contributed by atoms with Gasteiger partial charge in [0.05, 0.1) is 17.3 Å². The molecule has 1 aromatic carbocycles. The third-order valence-corrected chi connectivity index (χ3v) is 2.77. The molecule has 0 aliphatic heterocycles. The van der Waals surface area contributed by atoms with E-state index in [1.54, 1.807) is 30.1 Å². The minimum Gasteiger partial charge on any atom is -0.364 e. The van der Waals surface area contributed by atoms with Gasteiger partial charge in [-0.3, -0.25) is 9.59 Å². The van der Waals surface area contributed by atoms with Gasteiger partial charge in [-0.2, -0.15) is 0 Å². The fraction of sp³-hybridized carbons (Fsp3) is 0.385. The predicted octanol–water partition coefficient (Wildman–Crippen LogP) is 2.11. The molecule has 1 rings (SSSR count). The van der Waals surface area contributed by atoms with Gasteiger partial charge < -0.3 is 10.2 Å². The molecule has 1 aromatic rings. The van der Waals surface area contributed by atoms with Crippen molar-refractivity contribution in [3.63, 3.8) is 0 Å². The molecule has 0 bridgehead atoms. The molecule has 0 atom stereocenters. The first-order valence-corrected chi connectivity index (χ1v) is 6.18. The molecule has 0 radical (unpaired) electrons. The van der Waals surface area contributed by atoms with Crippen molar-refractivity contribution in [2.24, 2.45) is 0 Å². The molecule has 0 fully saturated rings. The molecule has 0 saturated heterocycles. The summed E-state index contributed by atoms with van der Waals surface area (Å²) in [5, 5.41) is 3.26. The molecular formula is C13H17ClN2O2. The number of likely N-dealkylation sites (N-methyl/N-ethyl adjacent to an activating group) is 1. The van der Waals surface area contributed by atoms with E-state index in [0.717, 1.165) is 18.4 Å². The standard InChI is InChI=1S/C13H17ClN2O2/c1-3-6-15-13(18)8-16(2)12-5-4-10(9-17)7-11(12)14/h4-5,7,9H,3,6,8H2,1-2H3,(H,15,18). The van der Waals surface area contributed by atoms with Gasteiger partial charge in [0.15, 0.2) is 0 Å². The fourth-order valence-corrected chi connectivity index (χ4v) is 1.86. The number of rotatable bonds is 6. The van der Waals surface area contributed by atoms with E-state index in [4.69, 9.17) is 11.6 Å². The first-order valence-electron chi connectivity index (χ1n) is 5.81. The number of nitrogens with one attached hydrogen (secondary N) is 1. The van der Waals surface area contributed by atoms with E-state index < -0.39 is 0 Å². The summed E-state index contributed by atoms with van der Waals surface area (Å²) in [5.41, 5.74) is 1.25. The highest BCUT2D eigenvalue weighted by Crippen LogP contribution is 2.25. The third kappa shape index (κ3) is 4.04. The molecule has 0 unspecified atom stereocenters. The van der Waals surface area contributed by atoms with Crippen LogP contribution in [0.1, 0.15) is 23.7 Å². The number of benzene rings is 1. The molecule has 0 heterocycles. The van der Waals surface area contributed by atoms with E-state index in [9.17, 15) is 9.59 Å². The van der Waals surface area contributed by atoms with Crippen LogP contribution in [0.4, 0.5) is 5.69 Å². The zero-order chi connectivity index (χ0) is 13.5. The van der Waals surface area contributed by atoms with Crippen molar-refractivity contribution in [2.45, 2.75) is 13.3 Å². The van der Waals surface area contributed by atoms with Crippen molar-refractivity contribution in [1.82, 2.24) is 5.32 Å². The number of carbonyl (C=O) groups is 2. The molecule has 1 amide bonds. The molecule has 5 heteroatoms. The second-order valence-corrected chi connectivity index (χ2v) is 4.44. The lowest BCUT2D eigenvalue weighted by molar-refractivity contribution is -0.119. The van der Waals surface area contributed by atoms with Gasteiger partial charge in [-0.05, 0) is 24.6 Å². The highest BCUT2D eigenvalue weighted by atomic mass is 35.5. The van der Waals surface area contributed by atoms with E-state index in [0.29, 0.717) is 17.1 Å². The summed E-state index contributed by atoms with van der Waals surface area (Å²) in [5.74, 6) is -0.0464. The smallest absolute Gasteiger partial charge is 0.239 e. The molecule has 0 aliphatic carbocycles. The maximum atomic E-state index is 11.6. The number of hydrogen-bond acceptors (Lipinski definition) is 3. The summed E-state index contributed by atoms with van der Waals surface area (Å²) >= 11 is 6.06. The van der Waals surface area contributed by atoms with Crippen LogP contribution in [0.25, 0.3) is 0 Å². The van der Waals surface area contributed by atoms with Crippen molar-refractivity contribution < 1.29 is 9.59 Å². The topological polar surface area (TPSA) is 49.4 Å². The lowest BCUT2D eigenvalue weighted by Gasteiger charge is -2.20. The van der Waals surface area contributed by atoms with Gasteiger partial charge in [0.25, 0.3) is 0 Å². The minimum atomic E-state index is -0.0464. The number of hydrogen-bond donors (Lipinski definition) is 1. The van der Waals surface area contributed by atoms with Gasteiger partial charge in [-0.25, -0.2) is 0 Å². The predicted molar refractivity (Wildman–Crippen MR) is 73.4 cm³/mol. The maximum Gasteiger partial charge on any atom is 0.239 e. The van der Waals surface area contributed by atoms with Crippen LogP contribution >= 0.6 is 11.6 Å². The van der Waals surface area contributed by atoms with E-state index in [1.165, 1.54) is 0 Å². The van der Waals surface area contributed by atoms with Gasteiger partial charge >= 0.3 is 0 Å². The second-order valence-electron chi connectivity index (χ2n) is 4.03. The number of carbonyl (C=O) groups excluding carboxylic acids is 2. The normalized spacial score (nSPS) is 9.94. The SMILES string of the molecule is CCCNC(=O)CN(C)c1ccc(C=O)cc1Cl. The number of aldehydes is 1. The first-order chi connectivity index (χ1) is 8.58. The van der Waals surface area contributed by atoms with Gasteiger partial charge in [0, 0.05) is 19.2 Å². The van der Waals surface area contributed by atoms with Gasteiger partial charge in [-0.15, -0.1) is 0 Å². The lowest BCUT2D eigenvalue weighted by atomic mass is 10.2. The Kier molecular flexibility index (Phi) is 5.65. The Morgan fingerprint density at radius 3 is 2.78 bits per heavy atom. The first kappa shape index (κ1) is 14.5. The molecular weight excluding hydrogens is 252 g/mol. The Morgan fingerprint density at radius 1 is 1.50 bits per heavy atom. The molecule has 0 aromatic heterocycles. The van der Waals surface area contributed by atoms with Crippen LogP contribution in [-0.2, 0) is 4.79 Å². The second kappa shape index (κ2) is 7.01. The van der Waals surface area contributed by atoms with Gasteiger partial charge in [0.1, 0.15) is 6.29 Å². The Hall–Kier alpha value is -1.55. The number of amides is 1. The van der Waals surface area contributed by atoms with Gasteiger partial charge in [0.2, 0.25) is 5.91 Å². The number of halogens is 1. The van der Waals surface area contributed by atoms with Crippen molar-refractivity contribution in [3.05, 3.63) is 28.8 Å². The Bertz CT molecular complexity index is 435. The largest absolute Gasteiger partial charge is 0.364 e. The van der Waals surface area contributed by atoms with Crippen molar-refractivity contribution >= 4 is 29.5 Å². The average molecular weight is 269 g/mol. The molecule has 0 spiro atoms. The van der Waals surface area contributed by atoms with E-state index in [1.807, 2.05) is 6.92 Å². The quantitative estimate of drug-likeness (QED) is 0.804. The molecule has 0 saturated carbocycles.